The third-order valence-corrected chi connectivity index (χ3v) is 5.88. The van der Waals surface area contributed by atoms with Gasteiger partial charge < -0.3 is 9.55 Å². The van der Waals surface area contributed by atoms with Crippen LogP contribution in [0.3, 0.4) is 0 Å². The number of halogens is 1. The number of benzene rings is 4. The molecule has 0 fully saturated rings. The van der Waals surface area contributed by atoms with Crippen molar-refractivity contribution in [1.82, 2.24) is 9.55 Å². The first-order chi connectivity index (χ1) is 13.3. The van der Waals surface area contributed by atoms with E-state index in [1.165, 1.54) is 43.8 Å². The number of para-hydroxylation sites is 2. The average Bonchev–Trinajstić information content (AvgIpc) is 3.23. The van der Waals surface area contributed by atoms with E-state index in [0.29, 0.717) is 0 Å². The molecule has 0 atom stereocenters. The fourth-order valence-electron chi connectivity index (χ4n) is 4.26. The first-order valence-electron chi connectivity index (χ1n) is 9.00. The molecule has 1 N–H and O–H groups in total. The SMILES string of the molecule is Brc1ccc2c(c1)[nH]c1c2ccc2c1c1ccccc1n2-c1ccccc1. The number of aromatic nitrogens is 2. The Morgan fingerprint density at radius 2 is 1.44 bits per heavy atom. The predicted octanol–water partition coefficient (Wildman–Crippen LogP) is 7.18. The van der Waals surface area contributed by atoms with Crippen molar-refractivity contribution in [1.29, 1.82) is 0 Å². The fraction of sp³-hybridized carbons (Fsp3) is 0. The maximum absolute atomic E-state index is 3.68. The Morgan fingerprint density at radius 3 is 2.33 bits per heavy atom. The lowest BCUT2D eigenvalue weighted by molar-refractivity contribution is 1.18. The maximum atomic E-state index is 3.68. The summed E-state index contributed by atoms with van der Waals surface area (Å²) in [4.78, 5) is 3.68. The van der Waals surface area contributed by atoms with Gasteiger partial charge in [0.25, 0.3) is 0 Å². The first-order valence-corrected chi connectivity index (χ1v) is 9.79. The molecule has 3 heteroatoms. The Kier molecular flexibility index (Phi) is 3.06. The van der Waals surface area contributed by atoms with Gasteiger partial charge in [-0.05, 0) is 36.4 Å². The highest BCUT2D eigenvalue weighted by molar-refractivity contribution is 9.10. The summed E-state index contributed by atoms with van der Waals surface area (Å²) >= 11 is 3.59. The largest absolute Gasteiger partial charge is 0.354 e. The molecule has 0 aliphatic rings. The number of nitrogens with one attached hydrogen (secondary N) is 1. The van der Waals surface area contributed by atoms with Gasteiger partial charge in [0, 0.05) is 37.2 Å². The molecule has 0 amide bonds. The highest BCUT2D eigenvalue weighted by atomic mass is 79.9. The van der Waals surface area contributed by atoms with E-state index in [0.717, 1.165) is 9.99 Å². The monoisotopic (exact) mass is 410 g/mol. The molecule has 0 unspecified atom stereocenters. The van der Waals surface area contributed by atoms with E-state index in [-0.39, 0.29) is 0 Å². The number of aromatic amines is 1. The summed E-state index contributed by atoms with van der Waals surface area (Å²) in [6.07, 6.45) is 0. The molecule has 27 heavy (non-hydrogen) atoms. The standard InChI is InChI=1S/C24H15BrN2/c25-15-10-11-17-18-12-13-22-23(24(18)26-20(17)14-15)19-8-4-5-9-21(19)27(22)16-6-2-1-3-7-16/h1-14,26H. The summed E-state index contributed by atoms with van der Waals surface area (Å²) in [5, 5.41) is 5.07. The van der Waals surface area contributed by atoms with Crippen molar-refractivity contribution in [2.45, 2.75) is 0 Å². The zero-order valence-corrected chi connectivity index (χ0v) is 16.0. The number of hydrogen-bond acceptors (Lipinski definition) is 0. The summed E-state index contributed by atoms with van der Waals surface area (Å²) in [5.41, 5.74) is 5.99. The number of H-pyrrole nitrogens is 1. The van der Waals surface area contributed by atoms with Gasteiger partial charge in [0.2, 0.25) is 0 Å². The van der Waals surface area contributed by atoms with Crippen LogP contribution < -0.4 is 0 Å². The normalized spacial score (nSPS) is 11.9. The Balaban J connectivity index is 1.87. The topological polar surface area (TPSA) is 20.7 Å². The lowest BCUT2D eigenvalue weighted by Gasteiger charge is -2.07. The second-order valence-electron chi connectivity index (χ2n) is 6.89. The highest BCUT2D eigenvalue weighted by Gasteiger charge is 2.16. The number of hydrogen-bond donors (Lipinski definition) is 1. The molecule has 2 aromatic heterocycles. The summed E-state index contributed by atoms with van der Waals surface area (Å²) in [7, 11) is 0. The second kappa shape index (κ2) is 5.48. The first kappa shape index (κ1) is 15.1. The summed E-state index contributed by atoms with van der Waals surface area (Å²) in [5.74, 6) is 0. The summed E-state index contributed by atoms with van der Waals surface area (Å²) in [6.45, 7) is 0. The maximum Gasteiger partial charge on any atom is 0.0566 e. The van der Waals surface area contributed by atoms with Crippen molar-refractivity contribution in [3.8, 4) is 5.69 Å². The van der Waals surface area contributed by atoms with Crippen molar-refractivity contribution >= 4 is 59.5 Å². The molecule has 0 aliphatic carbocycles. The fourth-order valence-corrected chi connectivity index (χ4v) is 4.62. The molecule has 6 rings (SSSR count). The Morgan fingerprint density at radius 1 is 0.667 bits per heavy atom. The average molecular weight is 411 g/mol. The van der Waals surface area contributed by atoms with E-state index in [4.69, 9.17) is 0 Å². The summed E-state index contributed by atoms with van der Waals surface area (Å²) < 4.78 is 3.44. The van der Waals surface area contributed by atoms with Crippen molar-refractivity contribution in [2.75, 3.05) is 0 Å². The zero-order chi connectivity index (χ0) is 18.0. The predicted molar refractivity (Wildman–Crippen MR) is 118 cm³/mol. The molecule has 0 spiro atoms. The molecule has 128 valence electrons. The molecule has 0 aliphatic heterocycles. The van der Waals surface area contributed by atoms with E-state index >= 15 is 0 Å². The molecule has 2 heterocycles. The molecule has 0 bridgehead atoms. The van der Waals surface area contributed by atoms with E-state index in [1.54, 1.807) is 0 Å². The zero-order valence-electron chi connectivity index (χ0n) is 14.4. The van der Waals surface area contributed by atoms with Crippen LogP contribution in [-0.2, 0) is 0 Å². The van der Waals surface area contributed by atoms with Crippen molar-refractivity contribution in [2.24, 2.45) is 0 Å². The van der Waals surface area contributed by atoms with Crippen molar-refractivity contribution < 1.29 is 0 Å². The molecular weight excluding hydrogens is 396 g/mol. The smallest absolute Gasteiger partial charge is 0.0566 e. The third-order valence-electron chi connectivity index (χ3n) is 5.38. The quantitative estimate of drug-likeness (QED) is 0.296. The molecule has 0 saturated carbocycles. The molecule has 2 nitrogen and oxygen atoms in total. The molecule has 6 aromatic rings. The van der Waals surface area contributed by atoms with Crippen LogP contribution in [0.25, 0.3) is 49.3 Å². The Hall–Kier alpha value is -3.04. The van der Waals surface area contributed by atoms with E-state index < -0.39 is 0 Å². The van der Waals surface area contributed by atoms with Crippen LogP contribution in [-0.4, -0.2) is 9.55 Å². The molecule has 0 radical (unpaired) electrons. The lowest BCUT2D eigenvalue weighted by atomic mass is 10.1. The highest BCUT2D eigenvalue weighted by Crippen LogP contribution is 2.39. The van der Waals surface area contributed by atoms with E-state index in [9.17, 15) is 0 Å². The molecular formula is C24H15BrN2. The van der Waals surface area contributed by atoms with Gasteiger partial charge in [0.1, 0.15) is 0 Å². The van der Waals surface area contributed by atoms with Gasteiger partial charge in [-0.3, -0.25) is 0 Å². The van der Waals surface area contributed by atoms with Crippen LogP contribution in [0.5, 0.6) is 0 Å². The van der Waals surface area contributed by atoms with Crippen LogP contribution in [0.2, 0.25) is 0 Å². The minimum atomic E-state index is 1.09. The second-order valence-corrected chi connectivity index (χ2v) is 7.80. The van der Waals surface area contributed by atoms with Crippen molar-refractivity contribution in [3.05, 3.63) is 89.4 Å². The van der Waals surface area contributed by atoms with E-state index in [1.807, 2.05) is 0 Å². The van der Waals surface area contributed by atoms with Crippen LogP contribution in [0.1, 0.15) is 0 Å². The van der Waals surface area contributed by atoms with Gasteiger partial charge in [-0.15, -0.1) is 0 Å². The van der Waals surface area contributed by atoms with Gasteiger partial charge in [0.15, 0.2) is 0 Å². The van der Waals surface area contributed by atoms with Crippen LogP contribution >= 0.6 is 15.9 Å². The van der Waals surface area contributed by atoms with Gasteiger partial charge in [-0.25, -0.2) is 0 Å². The lowest BCUT2D eigenvalue weighted by Crippen LogP contribution is -1.92. The number of rotatable bonds is 1. The molecule has 0 saturated heterocycles. The molecule has 4 aromatic carbocycles. The summed E-state index contributed by atoms with van der Waals surface area (Å²) in [6, 6.07) is 30.2. The van der Waals surface area contributed by atoms with Gasteiger partial charge in [0.05, 0.1) is 16.6 Å². The van der Waals surface area contributed by atoms with Crippen LogP contribution in [0.15, 0.2) is 89.4 Å². The van der Waals surface area contributed by atoms with Gasteiger partial charge in [-0.1, -0.05) is 64.5 Å². The van der Waals surface area contributed by atoms with Crippen molar-refractivity contribution in [3.63, 3.8) is 0 Å². The minimum absolute atomic E-state index is 1.09. The minimum Gasteiger partial charge on any atom is -0.354 e. The van der Waals surface area contributed by atoms with Crippen LogP contribution in [0.4, 0.5) is 0 Å². The Bertz CT molecular complexity index is 1470. The van der Waals surface area contributed by atoms with Crippen LogP contribution in [0, 0.1) is 0 Å². The number of nitrogens with zero attached hydrogens (tertiary/aromatic N) is 1. The number of fused-ring (bicyclic) bond motifs is 7. The van der Waals surface area contributed by atoms with E-state index in [2.05, 4.69) is 110 Å². The van der Waals surface area contributed by atoms with Gasteiger partial charge in [-0.2, -0.15) is 0 Å². The third kappa shape index (κ3) is 2.06. The Labute approximate surface area is 164 Å². The van der Waals surface area contributed by atoms with Gasteiger partial charge >= 0.3 is 0 Å².